The standard InChI is InChI=1S/C14H25N5/c1-12(9-16-2)14(6-4-5-7-18-14)19-11-13(8-15)10-17-3/h4-7,9,11,16-19H,8,10,15H2,1-3H3/b12-9+,13-11+. The van der Waals surface area contributed by atoms with Gasteiger partial charge in [0, 0.05) is 26.3 Å². The number of nitrogens with one attached hydrogen (secondary N) is 4. The van der Waals surface area contributed by atoms with Crippen LogP contribution >= 0.6 is 0 Å². The largest absolute Gasteiger partial charge is 0.394 e. The van der Waals surface area contributed by atoms with Crippen molar-refractivity contribution in [2.75, 3.05) is 27.2 Å². The Balaban J connectivity index is 2.90. The highest BCUT2D eigenvalue weighted by Crippen LogP contribution is 2.18. The Morgan fingerprint density at radius 3 is 2.63 bits per heavy atom. The minimum Gasteiger partial charge on any atom is -0.394 e. The Bertz CT molecular complexity index is 395. The molecule has 0 aliphatic carbocycles. The molecule has 0 saturated heterocycles. The van der Waals surface area contributed by atoms with Gasteiger partial charge < -0.3 is 27.0 Å². The van der Waals surface area contributed by atoms with E-state index in [0.717, 1.165) is 17.7 Å². The molecule has 0 spiro atoms. The molecule has 1 aliphatic rings. The number of likely N-dealkylation sites (N-methyl/N-ethyl adjacent to an activating group) is 1. The molecule has 5 nitrogen and oxygen atoms in total. The molecule has 19 heavy (non-hydrogen) atoms. The van der Waals surface area contributed by atoms with E-state index in [-0.39, 0.29) is 0 Å². The van der Waals surface area contributed by atoms with Crippen molar-refractivity contribution >= 4 is 0 Å². The lowest BCUT2D eigenvalue weighted by Gasteiger charge is -2.35. The van der Waals surface area contributed by atoms with E-state index in [2.05, 4.69) is 34.3 Å². The summed E-state index contributed by atoms with van der Waals surface area (Å²) >= 11 is 0. The van der Waals surface area contributed by atoms with E-state index in [1.54, 1.807) is 0 Å². The Labute approximate surface area is 115 Å². The van der Waals surface area contributed by atoms with Gasteiger partial charge in [-0.2, -0.15) is 0 Å². The van der Waals surface area contributed by atoms with Crippen molar-refractivity contribution in [1.29, 1.82) is 0 Å². The maximum Gasteiger partial charge on any atom is 0.151 e. The fourth-order valence-corrected chi connectivity index (χ4v) is 1.89. The molecule has 1 atom stereocenters. The van der Waals surface area contributed by atoms with Crippen LogP contribution in [-0.2, 0) is 0 Å². The van der Waals surface area contributed by atoms with Crippen LogP contribution in [0, 0.1) is 0 Å². The van der Waals surface area contributed by atoms with Gasteiger partial charge in [0.1, 0.15) is 0 Å². The SMILES string of the molecule is CN/C=C(\C)C1(N/C=C(\CN)CNC)C=CC=CN1. The second-order valence-electron chi connectivity index (χ2n) is 4.47. The van der Waals surface area contributed by atoms with Crippen molar-refractivity contribution in [3.8, 4) is 0 Å². The van der Waals surface area contributed by atoms with Crippen LogP contribution in [-0.4, -0.2) is 32.8 Å². The van der Waals surface area contributed by atoms with Gasteiger partial charge in [0.05, 0.1) is 0 Å². The summed E-state index contributed by atoms with van der Waals surface area (Å²) in [5.74, 6) is 0. The van der Waals surface area contributed by atoms with Crippen LogP contribution in [0.1, 0.15) is 6.92 Å². The number of nitrogens with two attached hydrogens (primary N) is 1. The smallest absolute Gasteiger partial charge is 0.151 e. The lowest BCUT2D eigenvalue weighted by Crippen LogP contribution is -2.53. The molecule has 0 bridgehead atoms. The summed E-state index contributed by atoms with van der Waals surface area (Å²) in [6.45, 7) is 3.36. The van der Waals surface area contributed by atoms with Crippen molar-refractivity contribution in [2.45, 2.75) is 12.6 Å². The quantitative estimate of drug-likeness (QED) is 0.451. The van der Waals surface area contributed by atoms with Gasteiger partial charge >= 0.3 is 0 Å². The van der Waals surface area contributed by atoms with Gasteiger partial charge in [-0.25, -0.2) is 0 Å². The molecule has 0 saturated carbocycles. The normalized spacial score (nSPS) is 23.2. The average Bonchev–Trinajstić information content (AvgIpc) is 2.44. The van der Waals surface area contributed by atoms with E-state index in [1.807, 2.05) is 44.8 Å². The highest BCUT2D eigenvalue weighted by molar-refractivity contribution is 5.32. The van der Waals surface area contributed by atoms with E-state index in [9.17, 15) is 0 Å². The van der Waals surface area contributed by atoms with E-state index in [0.29, 0.717) is 6.54 Å². The summed E-state index contributed by atoms with van der Waals surface area (Å²) < 4.78 is 0. The Morgan fingerprint density at radius 2 is 2.11 bits per heavy atom. The van der Waals surface area contributed by atoms with Gasteiger partial charge in [0.2, 0.25) is 0 Å². The van der Waals surface area contributed by atoms with Crippen molar-refractivity contribution in [3.63, 3.8) is 0 Å². The molecule has 0 fully saturated rings. The van der Waals surface area contributed by atoms with Crippen LogP contribution in [0.5, 0.6) is 0 Å². The molecular formula is C14H25N5. The summed E-state index contributed by atoms with van der Waals surface area (Å²) in [5.41, 5.74) is 7.56. The van der Waals surface area contributed by atoms with Crippen molar-refractivity contribution in [3.05, 3.63) is 48.0 Å². The number of hydrogen-bond acceptors (Lipinski definition) is 5. The lowest BCUT2D eigenvalue weighted by molar-refractivity contribution is 0.466. The third-order valence-electron chi connectivity index (χ3n) is 3.02. The number of dihydropyridines is 1. The van der Waals surface area contributed by atoms with Crippen LogP contribution < -0.4 is 27.0 Å². The molecule has 5 heteroatoms. The zero-order valence-electron chi connectivity index (χ0n) is 12.0. The second kappa shape index (κ2) is 7.66. The van der Waals surface area contributed by atoms with Gasteiger partial charge in [-0.05, 0) is 49.7 Å². The van der Waals surface area contributed by atoms with Crippen molar-refractivity contribution in [2.24, 2.45) is 5.73 Å². The summed E-state index contributed by atoms with van der Waals surface area (Å²) in [4.78, 5) is 0. The van der Waals surface area contributed by atoms with Crippen LogP contribution in [0.3, 0.4) is 0 Å². The first-order chi connectivity index (χ1) is 9.18. The van der Waals surface area contributed by atoms with Crippen LogP contribution in [0.25, 0.3) is 0 Å². The second-order valence-corrected chi connectivity index (χ2v) is 4.47. The molecular weight excluding hydrogens is 238 g/mol. The van der Waals surface area contributed by atoms with E-state index in [4.69, 9.17) is 5.73 Å². The molecule has 6 N–H and O–H groups in total. The minimum absolute atomic E-state index is 0.411. The molecule has 106 valence electrons. The molecule has 0 amide bonds. The fraction of sp³-hybridized carbons (Fsp3) is 0.429. The molecule has 1 rings (SSSR count). The summed E-state index contributed by atoms with van der Waals surface area (Å²) in [5, 5.41) is 12.9. The third-order valence-corrected chi connectivity index (χ3v) is 3.02. The lowest BCUT2D eigenvalue weighted by atomic mass is 9.99. The first-order valence-electron chi connectivity index (χ1n) is 6.45. The molecule has 0 aromatic heterocycles. The topological polar surface area (TPSA) is 74.1 Å². The van der Waals surface area contributed by atoms with Crippen molar-refractivity contribution < 1.29 is 0 Å². The van der Waals surface area contributed by atoms with Gasteiger partial charge in [-0.1, -0.05) is 6.08 Å². The van der Waals surface area contributed by atoms with Crippen LogP contribution in [0.15, 0.2) is 48.0 Å². The molecule has 1 aliphatic heterocycles. The first kappa shape index (κ1) is 15.3. The summed E-state index contributed by atoms with van der Waals surface area (Å²) in [6, 6.07) is 0. The predicted molar refractivity (Wildman–Crippen MR) is 81.2 cm³/mol. The Kier molecular flexibility index (Phi) is 6.18. The van der Waals surface area contributed by atoms with E-state index in [1.165, 1.54) is 0 Å². The third kappa shape index (κ3) is 4.15. The average molecular weight is 263 g/mol. The molecule has 1 heterocycles. The molecule has 1 unspecified atom stereocenters. The van der Waals surface area contributed by atoms with Crippen molar-refractivity contribution in [1.82, 2.24) is 21.3 Å². The first-order valence-corrected chi connectivity index (χ1v) is 6.45. The van der Waals surface area contributed by atoms with Gasteiger partial charge in [-0.15, -0.1) is 0 Å². The van der Waals surface area contributed by atoms with Gasteiger partial charge in [0.15, 0.2) is 5.66 Å². The van der Waals surface area contributed by atoms with Crippen LogP contribution in [0.2, 0.25) is 0 Å². The number of rotatable bonds is 7. The monoisotopic (exact) mass is 263 g/mol. The number of hydrogen-bond donors (Lipinski definition) is 5. The van der Waals surface area contributed by atoms with E-state index < -0.39 is 5.66 Å². The Hall–Kier alpha value is -1.72. The molecule has 0 aromatic carbocycles. The van der Waals surface area contributed by atoms with Gasteiger partial charge in [0.25, 0.3) is 0 Å². The highest BCUT2D eigenvalue weighted by Gasteiger charge is 2.27. The maximum atomic E-state index is 5.72. The zero-order valence-corrected chi connectivity index (χ0v) is 12.0. The maximum absolute atomic E-state index is 5.72. The Morgan fingerprint density at radius 1 is 1.32 bits per heavy atom. The highest BCUT2D eigenvalue weighted by atomic mass is 15.2. The fourth-order valence-electron chi connectivity index (χ4n) is 1.89. The van der Waals surface area contributed by atoms with Gasteiger partial charge in [-0.3, -0.25) is 0 Å². The summed E-state index contributed by atoms with van der Waals surface area (Å²) in [6.07, 6.45) is 11.9. The minimum atomic E-state index is -0.411. The predicted octanol–water partition coefficient (Wildman–Crippen LogP) is 0.131. The zero-order chi connectivity index (χ0) is 14.1. The summed E-state index contributed by atoms with van der Waals surface area (Å²) in [7, 11) is 3.80. The van der Waals surface area contributed by atoms with Crippen LogP contribution in [0.4, 0.5) is 0 Å². The number of allylic oxidation sites excluding steroid dienone is 2. The molecule has 0 aromatic rings. The van der Waals surface area contributed by atoms with E-state index >= 15 is 0 Å². The molecule has 0 radical (unpaired) electrons.